The highest BCUT2D eigenvalue weighted by Gasteiger charge is 2.29. The van der Waals surface area contributed by atoms with Gasteiger partial charge in [0.2, 0.25) is 5.91 Å². The summed E-state index contributed by atoms with van der Waals surface area (Å²) in [5.74, 6) is 1.05. The lowest BCUT2D eigenvalue weighted by Gasteiger charge is -2.22. The Morgan fingerprint density at radius 2 is 2.18 bits per heavy atom. The summed E-state index contributed by atoms with van der Waals surface area (Å²) in [5.41, 5.74) is 0. The Bertz CT molecular complexity index is 254. The van der Waals surface area contributed by atoms with E-state index in [9.17, 15) is 4.79 Å². The summed E-state index contributed by atoms with van der Waals surface area (Å²) in [7, 11) is 0. The van der Waals surface area contributed by atoms with Crippen molar-refractivity contribution in [1.82, 2.24) is 10.2 Å². The average Bonchev–Trinajstić information content (AvgIpc) is 2.84. The van der Waals surface area contributed by atoms with E-state index in [0.717, 1.165) is 25.9 Å². The first-order valence-electron chi connectivity index (χ1n) is 6.69. The molecule has 2 rings (SSSR count). The molecule has 4 heteroatoms. The molecule has 17 heavy (non-hydrogen) atoms. The molecule has 100 valence electrons. The highest BCUT2D eigenvalue weighted by atomic mass is 35.5. The molecular formula is C13H25ClN2O. The fraction of sp³-hybridized carbons (Fsp3) is 0.923. The zero-order valence-electron chi connectivity index (χ0n) is 10.9. The Balaban J connectivity index is 0.00000144. The van der Waals surface area contributed by atoms with Gasteiger partial charge in [-0.25, -0.2) is 0 Å². The number of rotatable bonds is 3. The van der Waals surface area contributed by atoms with Crippen molar-refractivity contribution in [2.75, 3.05) is 13.1 Å². The smallest absolute Gasteiger partial charge is 0.222 e. The second kappa shape index (κ2) is 6.60. The van der Waals surface area contributed by atoms with Gasteiger partial charge in [0.1, 0.15) is 0 Å². The van der Waals surface area contributed by atoms with Crippen LogP contribution in [-0.4, -0.2) is 36.0 Å². The highest BCUT2D eigenvalue weighted by Crippen LogP contribution is 2.23. The van der Waals surface area contributed by atoms with Gasteiger partial charge in [-0.2, -0.15) is 0 Å². The molecular weight excluding hydrogens is 236 g/mol. The Morgan fingerprint density at radius 3 is 2.71 bits per heavy atom. The number of carbonyl (C=O) groups is 1. The van der Waals surface area contributed by atoms with Gasteiger partial charge in [0.15, 0.2) is 0 Å². The fourth-order valence-electron chi connectivity index (χ4n) is 3.09. The van der Waals surface area contributed by atoms with E-state index in [1.165, 1.54) is 19.3 Å². The maximum absolute atomic E-state index is 12.1. The normalized spacial score (nSPS) is 32.6. The summed E-state index contributed by atoms with van der Waals surface area (Å²) >= 11 is 0. The average molecular weight is 261 g/mol. The second-order valence-corrected chi connectivity index (χ2v) is 5.57. The number of nitrogens with one attached hydrogen (secondary N) is 1. The van der Waals surface area contributed by atoms with Crippen molar-refractivity contribution < 1.29 is 4.79 Å². The largest absolute Gasteiger partial charge is 0.340 e. The number of hydrogen-bond donors (Lipinski definition) is 1. The van der Waals surface area contributed by atoms with E-state index in [-0.39, 0.29) is 12.4 Å². The van der Waals surface area contributed by atoms with E-state index < -0.39 is 0 Å². The molecule has 1 N–H and O–H groups in total. The van der Waals surface area contributed by atoms with Crippen molar-refractivity contribution in [3.8, 4) is 0 Å². The summed E-state index contributed by atoms with van der Waals surface area (Å²) in [6.07, 6.45) is 5.45. The van der Waals surface area contributed by atoms with Crippen LogP contribution in [0, 0.1) is 5.92 Å². The Hall–Kier alpha value is -0.280. The zero-order chi connectivity index (χ0) is 11.5. The van der Waals surface area contributed by atoms with E-state index in [1.54, 1.807) is 0 Å². The van der Waals surface area contributed by atoms with E-state index in [4.69, 9.17) is 0 Å². The molecule has 0 aromatic carbocycles. The van der Waals surface area contributed by atoms with E-state index in [1.807, 2.05) is 0 Å². The van der Waals surface area contributed by atoms with Crippen molar-refractivity contribution >= 4 is 18.3 Å². The van der Waals surface area contributed by atoms with Crippen molar-refractivity contribution in [2.45, 2.75) is 58.0 Å². The van der Waals surface area contributed by atoms with Crippen LogP contribution in [0.1, 0.15) is 46.0 Å². The third-order valence-corrected chi connectivity index (χ3v) is 3.97. The van der Waals surface area contributed by atoms with Gasteiger partial charge >= 0.3 is 0 Å². The van der Waals surface area contributed by atoms with Crippen LogP contribution in [0.2, 0.25) is 0 Å². The monoisotopic (exact) mass is 260 g/mol. The molecule has 0 aromatic rings. The van der Waals surface area contributed by atoms with Crippen LogP contribution in [0.5, 0.6) is 0 Å². The highest BCUT2D eigenvalue weighted by molar-refractivity contribution is 5.85. The van der Waals surface area contributed by atoms with Gasteiger partial charge in [0.25, 0.3) is 0 Å². The van der Waals surface area contributed by atoms with Crippen LogP contribution in [0.25, 0.3) is 0 Å². The lowest BCUT2D eigenvalue weighted by Crippen LogP contribution is -2.35. The first-order chi connectivity index (χ1) is 7.66. The molecule has 1 amide bonds. The number of amides is 1. The van der Waals surface area contributed by atoms with Gasteiger partial charge in [-0.3, -0.25) is 4.79 Å². The molecule has 0 spiro atoms. The van der Waals surface area contributed by atoms with Crippen LogP contribution in [0.4, 0.5) is 0 Å². The molecule has 2 saturated heterocycles. The molecule has 3 unspecified atom stereocenters. The molecule has 0 bridgehead atoms. The summed E-state index contributed by atoms with van der Waals surface area (Å²) in [6.45, 7) is 6.52. The van der Waals surface area contributed by atoms with Crippen LogP contribution < -0.4 is 5.32 Å². The Labute approximate surface area is 111 Å². The summed E-state index contributed by atoms with van der Waals surface area (Å²) in [5, 5.41) is 3.45. The summed E-state index contributed by atoms with van der Waals surface area (Å²) < 4.78 is 0. The summed E-state index contributed by atoms with van der Waals surface area (Å²) in [6, 6.07) is 1.05. The molecule has 0 aliphatic carbocycles. The van der Waals surface area contributed by atoms with Gasteiger partial charge in [-0.15, -0.1) is 12.4 Å². The number of nitrogens with zero attached hydrogens (tertiary/aromatic N) is 1. The van der Waals surface area contributed by atoms with Gasteiger partial charge in [-0.05, 0) is 45.1 Å². The third kappa shape index (κ3) is 3.85. The third-order valence-electron chi connectivity index (χ3n) is 3.97. The minimum absolute atomic E-state index is 0. The van der Waals surface area contributed by atoms with Gasteiger partial charge in [0, 0.05) is 25.0 Å². The molecule has 2 aliphatic heterocycles. The van der Waals surface area contributed by atoms with Crippen LogP contribution in [0.3, 0.4) is 0 Å². The SMILES string of the molecule is CC1CC(C)N(C(=O)CCC2CCCN2)C1.Cl. The van der Waals surface area contributed by atoms with Crippen LogP contribution >= 0.6 is 12.4 Å². The van der Waals surface area contributed by atoms with E-state index in [0.29, 0.717) is 23.9 Å². The van der Waals surface area contributed by atoms with Crippen LogP contribution in [-0.2, 0) is 4.79 Å². The second-order valence-electron chi connectivity index (χ2n) is 5.57. The molecule has 0 saturated carbocycles. The lowest BCUT2D eigenvalue weighted by molar-refractivity contribution is -0.132. The Kier molecular flexibility index (Phi) is 5.74. The lowest BCUT2D eigenvalue weighted by atomic mass is 10.1. The summed E-state index contributed by atoms with van der Waals surface area (Å²) in [4.78, 5) is 14.1. The molecule has 0 radical (unpaired) electrons. The molecule has 0 aromatic heterocycles. The van der Waals surface area contributed by atoms with E-state index >= 15 is 0 Å². The first kappa shape index (κ1) is 14.8. The number of halogens is 1. The molecule has 3 atom stereocenters. The fourth-order valence-corrected chi connectivity index (χ4v) is 3.09. The predicted octanol–water partition coefficient (Wildman–Crippen LogP) is 2.20. The predicted molar refractivity (Wildman–Crippen MR) is 72.5 cm³/mol. The van der Waals surface area contributed by atoms with Crippen molar-refractivity contribution in [1.29, 1.82) is 0 Å². The number of likely N-dealkylation sites (tertiary alicyclic amines) is 1. The maximum Gasteiger partial charge on any atom is 0.222 e. The molecule has 2 aliphatic rings. The van der Waals surface area contributed by atoms with Crippen molar-refractivity contribution in [3.63, 3.8) is 0 Å². The molecule has 2 heterocycles. The van der Waals surface area contributed by atoms with E-state index in [2.05, 4.69) is 24.1 Å². The topological polar surface area (TPSA) is 32.3 Å². The minimum atomic E-state index is 0. The molecule has 3 nitrogen and oxygen atoms in total. The maximum atomic E-state index is 12.1. The zero-order valence-corrected chi connectivity index (χ0v) is 11.8. The quantitative estimate of drug-likeness (QED) is 0.844. The van der Waals surface area contributed by atoms with Gasteiger partial charge in [-0.1, -0.05) is 6.92 Å². The van der Waals surface area contributed by atoms with Crippen LogP contribution in [0.15, 0.2) is 0 Å². The van der Waals surface area contributed by atoms with Gasteiger partial charge < -0.3 is 10.2 Å². The number of carbonyl (C=O) groups excluding carboxylic acids is 1. The molecule has 2 fully saturated rings. The van der Waals surface area contributed by atoms with Crippen molar-refractivity contribution in [3.05, 3.63) is 0 Å². The first-order valence-corrected chi connectivity index (χ1v) is 6.69. The van der Waals surface area contributed by atoms with Crippen molar-refractivity contribution in [2.24, 2.45) is 5.92 Å². The number of hydrogen-bond acceptors (Lipinski definition) is 2. The standard InChI is InChI=1S/C13H24N2O.ClH/c1-10-8-11(2)15(9-10)13(16)6-5-12-4-3-7-14-12;/h10-12,14H,3-9H2,1-2H3;1H. The Morgan fingerprint density at radius 1 is 1.41 bits per heavy atom. The van der Waals surface area contributed by atoms with Gasteiger partial charge in [0.05, 0.1) is 0 Å². The minimum Gasteiger partial charge on any atom is -0.340 e.